The normalized spacial score (nSPS) is 9.85. The Morgan fingerprint density at radius 2 is 1.08 bits per heavy atom. The predicted octanol–water partition coefficient (Wildman–Crippen LogP) is 0.258. The van der Waals surface area contributed by atoms with Crippen LogP contribution in [0.3, 0.4) is 0 Å². The van der Waals surface area contributed by atoms with Crippen LogP contribution in [0.5, 0.6) is 0 Å². The average Bonchev–Trinajstić information content (AvgIpc) is 1.79. The molecule has 0 heterocycles. The number of hydrogen-bond acceptors (Lipinski definition) is 2. The Hall–Kier alpha value is -1.10. The summed E-state index contributed by atoms with van der Waals surface area (Å²) in [6, 6.07) is 0. The van der Waals surface area contributed by atoms with Crippen molar-refractivity contribution in [1.29, 1.82) is 0 Å². The lowest BCUT2D eigenvalue weighted by molar-refractivity contribution is -0.849. The first-order valence-corrected chi connectivity index (χ1v) is 3.85. The van der Waals surface area contributed by atoms with Crippen LogP contribution in [0, 0.1) is 0 Å². The smallest absolute Gasteiger partial charge is 0.303 e. The van der Waals surface area contributed by atoms with Gasteiger partial charge in [0.1, 0.15) is 0 Å². The molecule has 0 saturated carbocycles. The van der Waals surface area contributed by atoms with Crippen molar-refractivity contribution in [2.24, 2.45) is 0 Å². The molecular weight excluding hydrogens is 174 g/mol. The second kappa shape index (κ2) is 6.42. The van der Waals surface area contributed by atoms with Gasteiger partial charge in [0, 0.05) is 0 Å². The predicted molar refractivity (Wildman–Crippen MR) is 48.5 cm³/mol. The second-order valence-corrected chi connectivity index (χ2v) is 3.97. The van der Waals surface area contributed by atoms with E-state index in [9.17, 15) is 9.59 Å². The molecule has 78 valence electrons. The standard InChI is InChI=1S/C4H12N.C4H6O4/c1-5(2,3)4;5-3(6)1-2-4(7)8/h1-4H3;1-2H2,(H,5,6)(H,7,8)/q+1;. The topological polar surface area (TPSA) is 74.6 Å². The maximum absolute atomic E-state index is 9.64. The second-order valence-electron chi connectivity index (χ2n) is 3.97. The van der Waals surface area contributed by atoms with E-state index in [1.807, 2.05) is 0 Å². The van der Waals surface area contributed by atoms with E-state index in [1.165, 1.54) is 0 Å². The third-order valence-electron chi connectivity index (χ3n) is 0.553. The van der Waals surface area contributed by atoms with Crippen LogP contribution in [-0.4, -0.2) is 54.8 Å². The van der Waals surface area contributed by atoms with Crippen molar-refractivity contribution in [2.75, 3.05) is 28.2 Å². The Labute approximate surface area is 78.2 Å². The Morgan fingerprint density at radius 1 is 0.923 bits per heavy atom. The fourth-order valence-electron chi connectivity index (χ4n) is 0.214. The molecule has 0 aliphatic rings. The van der Waals surface area contributed by atoms with Crippen molar-refractivity contribution in [3.8, 4) is 0 Å². The molecule has 0 fully saturated rings. The van der Waals surface area contributed by atoms with E-state index in [-0.39, 0.29) is 12.8 Å². The molecule has 0 rings (SSSR count). The zero-order valence-corrected chi connectivity index (χ0v) is 8.57. The van der Waals surface area contributed by atoms with E-state index in [0.29, 0.717) is 0 Å². The molecule has 5 heteroatoms. The molecule has 0 aromatic carbocycles. The van der Waals surface area contributed by atoms with Gasteiger partial charge in [0.25, 0.3) is 0 Å². The van der Waals surface area contributed by atoms with Crippen molar-refractivity contribution >= 4 is 11.9 Å². The summed E-state index contributed by atoms with van der Waals surface area (Å²) in [6.45, 7) is 0. The summed E-state index contributed by atoms with van der Waals surface area (Å²) in [5, 5.41) is 15.8. The highest BCUT2D eigenvalue weighted by molar-refractivity contribution is 5.75. The lowest BCUT2D eigenvalue weighted by atomic mass is 10.3. The van der Waals surface area contributed by atoms with Crippen LogP contribution in [-0.2, 0) is 9.59 Å². The fraction of sp³-hybridized carbons (Fsp3) is 0.750. The third kappa shape index (κ3) is 56.8. The Balaban J connectivity index is 0. The van der Waals surface area contributed by atoms with E-state index in [0.717, 1.165) is 4.48 Å². The Kier molecular flexibility index (Phi) is 7.12. The van der Waals surface area contributed by atoms with Crippen molar-refractivity contribution in [2.45, 2.75) is 12.8 Å². The minimum Gasteiger partial charge on any atom is -0.481 e. The maximum atomic E-state index is 9.64. The lowest BCUT2D eigenvalue weighted by Crippen LogP contribution is -2.27. The largest absolute Gasteiger partial charge is 0.481 e. The summed E-state index contributed by atoms with van der Waals surface area (Å²) in [6.07, 6.45) is -0.593. The van der Waals surface area contributed by atoms with Gasteiger partial charge < -0.3 is 14.7 Å². The van der Waals surface area contributed by atoms with Gasteiger partial charge >= 0.3 is 11.9 Å². The number of aliphatic carboxylic acids is 2. The van der Waals surface area contributed by atoms with Crippen molar-refractivity contribution in [3.63, 3.8) is 0 Å². The van der Waals surface area contributed by atoms with Crippen LogP contribution in [0.25, 0.3) is 0 Å². The zero-order valence-electron chi connectivity index (χ0n) is 8.57. The monoisotopic (exact) mass is 192 g/mol. The van der Waals surface area contributed by atoms with Crippen molar-refractivity contribution in [3.05, 3.63) is 0 Å². The minimum absolute atomic E-state index is 0.296. The van der Waals surface area contributed by atoms with Gasteiger partial charge in [-0.15, -0.1) is 0 Å². The average molecular weight is 192 g/mol. The summed E-state index contributed by atoms with van der Waals surface area (Å²) < 4.78 is 1.00. The number of hydrogen-bond donors (Lipinski definition) is 2. The lowest BCUT2D eigenvalue weighted by Gasteiger charge is -2.14. The maximum Gasteiger partial charge on any atom is 0.303 e. The number of rotatable bonds is 3. The molecule has 0 spiro atoms. The van der Waals surface area contributed by atoms with Crippen LogP contribution < -0.4 is 0 Å². The van der Waals surface area contributed by atoms with Crippen molar-refractivity contribution < 1.29 is 24.3 Å². The summed E-state index contributed by atoms with van der Waals surface area (Å²) in [4.78, 5) is 19.3. The van der Waals surface area contributed by atoms with Gasteiger partial charge in [-0.25, -0.2) is 0 Å². The molecule has 13 heavy (non-hydrogen) atoms. The Morgan fingerprint density at radius 3 is 1.15 bits per heavy atom. The van der Waals surface area contributed by atoms with E-state index >= 15 is 0 Å². The van der Waals surface area contributed by atoms with Gasteiger partial charge in [-0.05, 0) is 0 Å². The molecule has 0 bridgehead atoms. The van der Waals surface area contributed by atoms with Gasteiger partial charge in [0.05, 0.1) is 41.0 Å². The number of carbonyl (C=O) groups is 2. The molecule has 0 unspecified atom stereocenters. The van der Waals surface area contributed by atoms with Crippen LogP contribution in [0.2, 0.25) is 0 Å². The van der Waals surface area contributed by atoms with Crippen LogP contribution in [0.1, 0.15) is 12.8 Å². The molecule has 0 aromatic rings. The first-order valence-electron chi connectivity index (χ1n) is 3.85. The summed E-state index contributed by atoms with van der Waals surface area (Å²) >= 11 is 0. The minimum atomic E-state index is -1.08. The molecule has 0 aromatic heterocycles. The summed E-state index contributed by atoms with van der Waals surface area (Å²) in [5.41, 5.74) is 0. The first-order chi connectivity index (χ1) is 5.63. The SMILES string of the molecule is C[N+](C)(C)C.O=C(O)CCC(=O)O. The van der Waals surface area contributed by atoms with Gasteiger partial charge in [0.15, 0.2) is 0 Å². The Bertz CT molecular complexity index is 151. The number of quaternary nitrogens is 1. The molecule has 5 nitrogen and oxygen atoms in total. The highest BCUT2D eigenvalue weighted by atomic mass is 16.4. The van der Waals surface area contributed by atoms with Gasteiger partial charge in [-0.2, -0.15) is 0 Å². The molecule has 0 radical (unpaired) electrons. The zero-order chi connectivity index (χ0) is 11.1. The van der Waals surface area contributed by atoms with E-state index in [1.54, 1.807) is 0 Å². The van der Waals surface area contributed by atoms with E-state index in [4.69, 9.17) is 10.2 Å². The summed E-state index contributed by atoms with van der Waals surface area (Å²) in [7, 11) is 8.50. The van der Waals surface area contributed by atoms with Crippen molar-refractivity contribution in [1.82, 2.24) is 0 Å². The molecule has 0 aliphatic carbocycles. The molecular formula is C8H18NO4+. The number of nitrogens with zero attached hydrogens (tertiary/aromatic N) is 1. The van der Waals surface area contributed by atoms with Gasteiger partial charge in [0.2, 0.25) is 0 Å². The third-order valence-corrected chi connectivity index (χ3v) is 0.553. The molecule has 2 N–H and O–H groups in total. The van der Waals surface area contributed by atoms with E-state index < -0.39 is 11.9 Å². The quantitative estimate of drug-likeness (QED) is 0.629. The van der Waals surface area contributed by atoms with Crippen LogP contribution in [0.15, 0.2) is 0 Å². The fourth-order valence-corrected chi connectivity index (χ4v) is 0.214. The highest BCUT2D eigenvalue weighted by Crippen LogP contribution is 1.86. The summed E-state index contributed by atoms with van der Waals surface area (Å²) in [5.74, 6) is -2.15. The first kappa shape index (κ1) is 14.4. The molecule has 0 aliphatic heterocycles. The molecule has 0 atom stereocenters. The number of carboxylic acid groups (broad SMARTS) is 2. The van der Waals surface area contributed by atoms with Crippen LogP contribution >= 0.6 is 0 Å². The van der Waals surface area contributed by atoms with E-state index in [2.05, 4.69) is 28.2 Å². The van der Waals surface area contributed by atoms with Gasteiger partial charge in [-0.3, -0.25) is 9.59 Å². The molecule has 0 saturated heterocycles. The van der Waals surface area contributed by atoms with Gasteiger partial charge in [-0.1, -0.05) is 0 Å². The number of carboxylic acids is 2. The highest BCUT2D eigenvalue weighted by Gasteiger charge is 2.00. The molecule has 0 amide bonds. The van der Waals surface area contributed by atoms with Crippen LogP contribution in [0.4, 0.5) is 0 Å².